The second-order valence-electron chi connectivity index (χ2n) is 7.93. The average Bonchev–Trinajstić information content (AvgIpc) is 3.37. The molecule has 1 saturated heterocycles. The maximum absolute atomic E-state index is 13.6. The largest absolute Gasteiger partial charge is 0.507 e. The summed E-state index contributed by atoms with van der Waals surface area (Å²) < 4.78 is 19.2. The molecule has 3 aromatic rings. The van der Waals surface area contributed by atoms with E-state index in [9.17, 15) is 19.1 Å². The molecule has 3 aromatic carbocycles. The van der Waals surface area contributed by atoms with Crippen LogP contribution in [0.3, 0.4) is 0 Å². The van der Waals surface area contributed by atoms with Crippen LogP contribution in [0, 0.1) is 12.7 Å². The molecule has 32 heavy (non-hydrogen) atoms. The van der Waals surface area contributed by atoms with E-state index in [1.54, 1.807) is 30.3 Å². The Labute approximate surface area is 184 Å². The lowest BCUT2D eigenvalue weighted by atomic mass is 9.94. The molecule has 1 atom stereocenters. The van der Waals surface area contributed by atoms with Gasteiger partial charge in [0.25, 0.3) is 11.7 Å². The van der Waals surface area contributed by atoms with Gasteiger partial charge in [0.05, 0.1) is 18.2 Å². The lowest BCUT2D eigenvalue weighted by Gasteiger charge is -2.26. The van der Waals surface area contributed by atoms with E-state index in [0.29, 0.717) is 29.8 Å². The van der Waals surface area contributed by atoms with Crippen molar-refractivity contribution >= 4 is 23.1 Å². The summed E-state index contributed by atoms with van der Waals surface area (Å²) in [6.07, 6.45) is 0.704. The fraction of sp³-hybridized carbons (Fsp3) is 0.154. The average molecular weight is 429 g/mol. The number of nitrogens with zero attached hydrogens (tertiary/aromatic N) is 1. The smallest absolute Gasteiger partial charge is 0.300 e. The summed E-state index contributed by atoms with van der Waals surface area (Å²) in [5.74, 6) is -1.46. The van der Waals surface area contributed by atoms with E-state index < -0.39 is 23.5 Å². The Kier molecular flexibility index (Phi) is 4.78. The number of hydrogen-bond donors (Lipinski definition) is 1. The van der Waals surface area contributed by atoms with Crippen LogP contribution in [0.2, 0.25) is 0 Å². The predicted molar refractivity (Wildman–Crippen MR) is 118 cm³/mol. The molecule has 1 amide bonds. The fourth-order valence-electron chi connectivity index (χ4n) is 4.36. The number of carbonyl (C=O) groups is 2. The summed E-state index contributed by atoms with van der Waals surface area (Å²) in [7, 11) is 0. The Bertz CT molecular complexity index is 1280. The number of aliphatic hydroxyl groups excluding tert-OH is 1. The van der Waals surface area contributed by atoms with E-state index in [1.165, 1.54) is 29.2 Å². The third-order valence-corrected chi connectivity index (χ3v) is 5.97. The molecule has 1 unspecified atom stereocenters. The Morgan fingerprint density at radius 3 is 2.56 bits per heavy atom. The number of rotatable bonds is 3. The van der Waals surface area contributed by atoms with Crippen LogP contribution in [0.25, 0.3) is 5.76 Å². The number of fused-ring (bicyclic) bond motifs is 1. The van der Waals surface area contributed by atoms with E-state index in [-0.39, 0.29) is 11.3 Å². The van der Waals surface area contributed by atoms with Gasteiger partial charge in [0.15, 0.2) is 0 Å². The molecular weight excluding hydrogens is 409 g/mol. The SMILES string of the molecule is Cc1ccccc1N1C(=O)C(=O)/C(=C(\O)c2ccc3c(c2)CCO3)C1c1ccc(F)cc1. The van der Waals surface area contributed by atoms with Crippen molar-refractivity contribution in [3.63, 3.8) is 0 Å². The molecule has 6 heteroatoms. The molecule has 0 spiro atoms. The Hall–Kier alpha value is -3.93. The number of halogens is 1. The van der Waals surface area contributed by atoms with Crippen molar-refractivity contribution in [2.45, 2.75) is 19.4 Å². The predicted octanol–water partition coefficient (Wildman–Crippen LogP) is 4.70. The number of ketones is 1. The number of carbonyl (C=O) groups excluding carboxylic acids is 2. The topological polar surface area (TPSA) is 66.8 Å². The summed E-state index contributed by atoms with van der Waals surface area (Å²) in [5.41, 5.74) is 3.23. The van der Waals surface area contributed by atoms with Crippen molar-refractivity contribution in [2.24, 2.45) is 0 Å². The lowest BCUT2D eigenvalue weighted by molar-refractivity contribution is -0.132. The van der Waals surface area contributed by atoms with Crippen molar-refractivity contribution in [3.05, 3.63) is 100 Å². The third-order valence-electron chi connectivity index (χ3n) is 5.97. The van der Waals surface area contributed by atoms with Crippen LogP contribution in [-0.4, -0.2) is 23.4 Å². The number of hydrogen-bond acceptors (Lipinski definition) is 4. The highest BCUT2D eigenvalue weighted by Gasteiger charge is 2.47. The molecule has 0 saturated carbocycles. The first-order chi connectivity index (χ1) is 15.5. The zero-order valence-electron chi connectivity index (χ0n) is 17.3. The van der Waals surface area contributed by atoms with E-state index in [1.807, 2.05) is 19.1 Å². The van der Waals surface area contributed by atoms with Crippen LogP contribution in [0.1, 0.15) is 28.3 Å². The monoisotopic (exact) mass is 429 g/mol. The number of anilines is 1. The number of ether oxygens (including phenoxy) is 1. The highest BCUT2D eigenvalue weighted by molar-refractivity contribution is 6.51. The van der Waals surface area contributed by atoms with Gasteiger partial charge in [0.1, 0.15) is 17.3 Å². The van der Waals surface area contributed by atoms with Crippen LogP contribution in [-0.2, 0) is 16.0 Å². The van der Waals surface area contributed by atoms with Crippen LogP contribution >= 0.6 is 0 Å². The van der Waals surface area contributed by atoms with Crippen molar-refractivity contribution in [3.8, 4) is 5.75 Å². The highest BCUT2D eigenvalue weighted by atomic mass is 19.1. The van der Waals surface area contributed by atoms with Crippen LogP contribution in [0.15, 0.2) is 72.3 Å². The van der Waals surface area contributed by atoms with E-state index in [2.05, 4.69) is 0 Å². The molecule has 5 rings (SSSR count). The number of aliphatic hydroxyl groups is 1. The van der Waals surface area contributed by atoms with Gasteiger partial charge in [0.2, 0.25) is 0 Å². The minimum absolute atomic E-state index is 0.0243. The second kappa shape index (κ2) is 7.64. The zero-order chi connectivity index (χ0) is 22.4. The van der Waals surface area contributed by atoms with Crippen LogP contribution < -0.4 is 9.64 Å². The minimum Gasteiger partial charge on any atom is -0.507 e. The van der Waals surface area contributed by atoms with Gasteiger partial charge >= 0.3 is 0 Å². The molecular formula is C26H20FNO4. The molecule has 5 nitrogen and oxygen atoms in total. The first-order valence-corrected chi connectivity index (χ1v) is 10.3. The molecule has 0 aliphatic carbocycles. The third kappa shape index (κ3) is 3.15. The van der Waals surface area contributed by atoms with Crippen LogP contribution in [0.5, 0.6) is 5.75 Å². The van der Waals surface area contributed by atoms with Crippen molar-refractivity contribution in [2.75, 3.05) is 11.5 Å². The van der Waals surface area contributed by atoms with Crippen LogP contribution in [0.4, 0.5) is 10.1 Å². The molecule has 0 bridgehead atoms. The number of benzene rings is 3. The Morgan fingerprint density at radius 2 is 1.81 bits per heavy atom. The summed E-state index contributed by atoms with van der Waals surface area (Å²) in [4.78, 5) is 27.8. The number of aryl methyl sites for hydroxylation is 1. The van der Waals surface area contributed by atoms with Gasteiger partial charge < -0.3 is 9.84 Å². The van der Waals surface area contributed by atoms with Gasteiger partial charge in [-0.05, 0) is 60.0 Å². The van der Waals surface area contributed by atoms with Gasteiger partial charge in [-0.3, -0.25) is 14.5 Å². The molecule has 160 valence electrons. The molecule has 0 radical (unpaired) electrons. The maximum atomic E-state index is 13.6. The van der Waals surface area contributed by atoms with Gasteiger partial charge in [-0.15, -0.1) is 0 Å². The molecule has 2 aliphatic heterocycles. The van der Waals surface area contributed by atoms with Gasteiger partial charge in [-0.25, -0.2) is 4.39 Å². The standard InChI is InChI=1S/C26H20FNO4/c1-15-4-2-3-5-20(15)28-23(16-6-9-19(27)10-7-16)22(25(30)26(28)31)24(29)18-8-11-21-17(14-18)12-13-32-21/h2-11,14,23,29H,12-13H2,1H3/b24-22-. The number of para-hydroxylation sites is 1. The molecule has 0 aromatic heterocycles. The minimum atomic E-state index is -0.888. The number of Topliss-reactive ketones (excluding diaryl/α,β-unsaturated/α-hetero) is 1. The van der Waals surface area contributed by atoms with Crippen molar-refractivity contribution < 1.29 is 23.8 Å². The van der Waals surface area contributed by atoms with Gasteiger partial charge in [0, 0.05) is 17.7 Å². The normalized spacial score (nSPS) is 19.2. The van der Waals surface area contributed by atoms with E-state index >= 15 is 0 Å². The summed E-state index contributed by atoms with van der Waals surface area (Å²) in [6, 6.07) is 17.1. The summed E-state index contributed by atoms with van der Waals surface area (Å²) in [6.45, 7) is 2.41. The van der Waals surface area contributed by atoms with Crippen molar-refractivity contribution in [1.82, 2.24) is 0 Å². The zero-order valence-corrected chi connectivity index (χ0v) is 17.3. The van der Waals surface area contributed by atoms with Gasteiger partial charge in [-0.2, -0.15) is 0 Å². The first-order valence-electron chi connectivity index (χ1n) is 10.3. The number of amides is 1. The Balaban J connectivity index is 1.72. The van der Waals surface area contributed by atoms with E-state index in [0.717, 1.165) is 16.9 Å². The quantitative estimate of drug-likeness (QED) is 0.373. The summed E-state index contributed by atoms with van der Waals surface area (Å²) >= 11 is 0. The molecule has 1 N–H and O–H groups in total. The first kappa shape index (κ1) is 20.0. The second-order valence-corrected chi connectivity index (χ2v) is 7.93. The Morgan fingerprint density at radius 1 is 1.06 bits per heavy atom. The van der Waals surface area contributed by atoms with E-state index in [4.69, 9.17) is 4.74 Å². The maximum Gasteiger partial charge on any atom is 0.300 e. The van der Waals surface area contributed by atoms with Gasteiger partial charge in [-0.1, -0.05) is 30.3 Å². The summed E-state index contributed by atoms with van der Waals surface area (Å²) in [5, 5.41) is 11.2. The van der Waals surface area contributed by atoms with Crippen molar-refractivity contribution in [1.29, 1.82) is 0 Å². The molecule has 1 fully saturated rings. The lowest BCUT2D eigenvalue weighted by Crippen LogP contribution is -2.30. The highest BCUT2D eigenvalue weighted by Crippen LogP contribution is 2.43. The fourth-order valence-corrected chi connectivity index (χ4v) is 4.36. The molecule has 2 aliphatic rings. The molecule has 2 heterocycles.